The molecule has 10 heteroatoms. The maximum Gasteiger partial charge on any atom is 0.244 e. The number of aryl methyl sites for hydroxylation is 1. The van der Waals surface area contributed by atoms with Crippen molar-refractivity contribution in [2.45, 2.75) is 33.2 Å². The molecule has 4 rings (SSSR count). The van der Waals surface area contributed by atoms with Gasteiger partial charge in [0.15, 0.2) is 5.96 Å². The van der Waals surface area contributed by atoms with E-state index in [1.807, 2.05) is 11.0 Å². The largest absolute Gasteiger partial charge is 0.357 e. The molecule has 2 aliphatic rings. The van der Waals surface area contributed by atoms with Gasteiger partial charge in [-0.25, -0.2) is 9.98 Å². The number of piperazine rings is 1. The second-order valence-electron chi connectivity index (χ2n) is 7.82. The fraction of sp³-hybridized carbons (Fsp3) is 0.545. The molecule has 1 amide bonds. The van der Waals surface area contributed by atoms with E-state index >= 15 is 0 Å². The third-order valence-electron chi connectivity index (χ3n) is 5.81. The minimum absolute atomic E-state index is 0. The lowest BCUT2D eigenvalue weighted by atomic mass is 10.00. The number of rotatable bonds is 5. The highest BCUT2D eigenvalue weighted by atomic mass is 127. The minimum atomic E-state index is 0. The Kier molecular flexibility index (Phi) is 9.09. The quantitative estimate of drug-likeness (QED) is 0.339. The minimum Gasteiger partial charge on any atom is -0.357 e. The molecule has 2 aromatic rings. The summed E-state index contributed by atoms with van der Waals surface area (Å²) in [6.45, 7) is 9.98. The fourth-order valence-corrected chi connectivity index (χ4v) is 4.80. The van der Waals surface area contributed by atoms with E-state index in [2.05, 4.69) is 61.5 Å². The Labute approximate surface area is 211 Å². The third-order valence-corrected chi connectivity index (χ3v) is 6.62. The second kappa shape index (κ2) is 11.8. The molecule has 174 valence electrons. The summed E-state index contributed by atoms with van der Waals surface area (Å²) in [6, 6.07) is 8.38. The SMILES string of the molecule is CCNC(=NCC(=O)N1CCc2ccccc2C1)N1CCN(c2nc(CC)ns2)CC1.I. The van der Waals surface area contributed by atoms with Crippen molar-refractivity contribution in [1.29, 1.82) is 0 Å². The van der Waals surface area contributed by atoms with Crippen LogP contribution in [0.25, 0.3) is 0 Å². The maximum absolute atomic E-state index is 12.8. The van der Waals surface area contributed by atoms with E-state index in [-0.39, 0.29) is 36.4 Å². The van der Waals surface area contributed by atoms with Gasteiger partial charge in [0.2, 0.25) is 11.0 Å². The Balaban J connectivity index is 0.00000289. The Morgan fingerprint density at radius 2 is 1.84 bits per heavy atom. The Hall–Kier alpha value is -1.95. The van der Waals surface area contributed by atoms with Gasteiger partial charge in [-0.15, -0.1) is 24.0 Å². The van der Waals surface area contributed by atoms with Crippen molar-refractivity contribution >= 4 is 52.5 Å². The molecule has 32 heavy (non-hydrogen) atoms. The number of aliphatic imine (C=N–C) groups is 1. The summed E-state index contributed by atoms with van der Waals surface area (Å²) in [5, 5.41) is 4.35. The molecule has 1 fully saturated rings. The standard InChI is InChI=1S/C22H31N7OS.HI/c1-3-19-25-22(31-26-19)28-13-11-27(12-14-28)21(23-4-2)24-15-20(30)29-10-9-17-7-5-6-8-18(17)16-29;/h5-8H,3-4,9-16H2,1-2H3,(H,23,24);1H. The molecule has 0 bridgehead atoms. The highest BCUT2D eigenvalue weighted by molar-refractivity contribution is 14.0. The molecule has 1 aromatic carbocycles. The van der Waals surface area contributed by atoms with Gasteiger partial charge in [-0.05, 0) is 24.5 Å². The first-order chi connectivity index (χ1) is 15.2. The normalized spacial score (nSPS) is 16.4. The second-order valence-corrected chi connectivity index (χ2v) is 8.56. The van der Waals surface area contributed by atoms with Gasteiger partial charge in [0.1, 0.15) is 12.4 Å². The van der Waals surface area contributed by atoms with E-state index in [0.717, 1.165) is 69.0 Å². The highest BCUT2D eigenvalue weighted by Gasteiger charge is 2.23. The molecule has 8 nitrogen and oxygen atoms in total. The van der Waals surface area contributed by atoms with Gasteiger partial charge in [-0.1, -0.05) is 31.2 Å². The number of amides is 1. The topological polar surface area (TPSA) is 77.0 Å². The van der Waals surface area contributed by atoms with E-state index in [9.17, 15) is 4.79 Å². The van der Waals surface area contributed by atoms with Crippen LogP contribution in [-0.4, -0.2) is 76.8 Å². The van der Waals surface area contributed by atoms with Gasteiger partial charge in [0, 0.05) is 63.8 Å². The number of halogens is 1. The number of aromatic nitrogens is 2. The molecule has 1 saturated heterocycles. The molecule has 3 heterocycles. The first kappa shape index (κ1) is 24.7. The average molecular weight is 570 g/mol. The predicted octanol–water partition coefficient (Wildman–Crippen LogP) is 2.39. The third kappa shape index (κ3) is 5.89. The van der Waals surface area contributed by atoms with Crippen molar-refractivity contribution in [3.63, 3.8) is 0 Å². The molecule has 0 spiro atoms. The summed E-state index contributed by atoms with van der Waals surface area (Å²) in [7, 11) is 0. The summed E-state index contributed by atoms with van der Waals surface area (Å²) in [6.07, 6.45) is 1.78. The van der Waals surface area contributed by atoms with Crippen LogP contribution in [0.5, 0.6) is 0 Å². The summed E-state index contributed by atoms with van der Waals surface area (Å²) in [4.78, 5) is 28.5. The van der Waals surface area contributed by atoms with E-state index in [1.54, 1.807) is 0 Å². The highest BCUT2D eigenvalue weighted by Crippen LogP contribution is 2.20. The van der Waals surface area contributed by atoms with Crippen molar-refractivity contribution < 1.29 is 4.79 Å². The van der Waals surface area contributed by atoms with E-state index in [1.165, 1.54) is 22.7 Å². The lowest BCUT2D eigenvalue weighted by Crippen LogP contribution is -2.52. The molecule has 1 aromatic heterocycles. The van der Waals surface area contributed by atoms with Crippen molar-refractivity contribution in [2.24, 2.45) is 4.99 Å². The Morgan fingerprint density at radius 1 is 1.09 bits per heavy atom. The number of carbonyl (C=O) groups is 1. The summed E-state index contributed by atoms with van der Waals surface area (Å²) in [5.74, 6) is 1.82. The van der Waals surface area contributed by atoms with Crippen LogP contribution in [0.1, 0.15) is 30.8 Å². The number of hydrogen-bond donors (Lipinski definition) is 1. The smallest absolute Gasteiger partial charge is 0.244 e. The van der Waals surface area contributed by atoms with Crippen molar-refractivity contribution in [3.8, 4) is 0 Å². The van der Waals surface area contributed by atoms with E-state index in [0.29, 0.717) is 6.54 Å². The fourth-order valence-electron chi connectivity index (χ4n) is 4.00. The van der Waals surface area contributed by atoms with Gasteiger partial charge < -0.3 is 20.0 Å². The van der Waals surface area contributed by atoms with E-state index in [4.69, 9.17) is 0 Å². The zero-order valence-corrected chi connectivity index (χ0v) is 21.9. The van der Waals surface area contributed by atoms with Gasteiger partial charge in [-0.2, -0.15) is 4.37 Å². The molecule has 0 unspecified atom stereocenters. The first-order valence-electron chi connectivity index (χ1n) is 11.1. The number of anilines is 1. The summed E-state index contributed by atoms with van der Waals surface area (Å²) >= 11 is 1.48. The maximum atomic E-state index is 12.8. The molecule has 2 aliphatic heterocycles. The summed E-state index contributed by atoms with van der Waals surface area (Å²) in [5.41, 5.74) is 2.60. The van der Waals surface area contributed by atoms with Crippen LogP contribution >= 0.6 is 35.5 Å². The molecule has 1 N–H and O–H groups in total. The van der Waals surface area contributed by atoms with Crippen molar-refractivity contribution in [1.82, 2.24) is 24.5 Å². The van der Waals surface area contributed by atoms with Crippen LogP contribution in [0, 0.1) is 0 Å². The van der Waals surface area contributed by atoms with Gasteiger partial charge in [-0.3, -0.25) is 4.79 Å². The first-order valence-corrected chi connectivity index (χ1v) is 11.9. The van der Waals surface area contributed by atoms with Crippen LogP contribution < -0.4 is 10.2 Å². The van der Waals surface area contributed by atoms with Crippen LogP contribution in [0.2, 0.25) is 0 Å². The predicted molar refractivity (Wildman–Crippen MR) is 140 cm³/mol. The van der Waals surface area contributed by atoms with Crippen molar-refractivity contribution in [2.75, 3.05) is 50.7 Å². The number of guanidine groups is 1. The van der Waals surface area contributed by atoms with Crippen molar-refractivity contribution in [3.05, 3.63) is 41.2 Å². The monoisotopic (exact) mass is 569 g/mol. The molecular formula is C22H32IN7OS. The number of hydrogen-bond acceptors (Lipinski definition) is 6. The van der Waals surface area contributed by atoms with Gasteiger partial charge >= 0.3 is 0 Å². The zero-order chi connectivity index (χ0) is 21.6. The summed E-state index contributed by atoms with van der Waals surface area (Å²) < 4.78 is 4.40. The molecule has 0 aliphatic carbocycles. The van der Waals surface area contributed by atoms with Crippen LogP contribution in [0.3, 0.4) is 0 Å². The number of fused-ring (bicyclic) bond motifs is 1. The molecule has 0 saturated carbocycles. The van der Waals surface area contributed by atoms with Crippen LogP contribution in [-0.2, 0) is 24.2 Å². The van der Waals surface area contributed by atoms with Gasteiger partial charge in [0.25, 0.3) is 0 Å². The lowest BCUT2D eigenvalue weighted by Gasteiger charge is -2.36. The number of nitrogens with one attached hydrogen (secondary N) is 1. The molecule has 0 radical (unpaired) electrons. The van der Waals surface area contributed by atoms with Gasteiger partial charge in [0.05, 0.1) is 0 Å². The number of nitrogens with zero attached hydrogens (tertiary/aromatic N) is 6. The molecular weight excluding hydrogens is 537 g/mol. The van der Waals surface area contributed by atoms with Crippen LogP contribution in [0.15, 0.2) is 29.3 Å². The lowest BCUT2D eigenvalue weighted by molar-refractivity contribution is -0.130. The Morgan fingerprint density at radius 3 is 2.53 bits per heavy atom. The average Bonchev–Trinajstić information content (AvgIpc) is 3.31. The number of carbonyl (C=O) groups excluding carboxylic acids is 1. The number of benzene rings is 1. The van der Waals surface area contributed by atoms with Crippen LogP contribution in [0.4, 0.5) is 5.13 Å². The Bertz CT molecular complexity index is 927. The van der Waals surface area contributed by atoms with E-state index < -0.39 is 0 Å². The molecule has 0 atom stereocenters. The zero-order valence-electron chi connectivity index (χ0n) is 18.8.